The molecule has 0 aromatic carbocycles. The highest BCUT2D eigenvalue weighted by Crippen LogP contribution is 2.20. The molecule has 66 valence electrons. The van der Waals surface area contributed by atoms with E-state index in [1.807, 2.05) is 0 Å². The molecule has 4 atom stereocenters. The van der Waals surface area contributed by atoms with Crippen LogP contribution in [0.15, 0.2) is 0 Å². The molecule has 0 aliphatic carbocycles. The maximum atomic E-state index is 9.18. The predicted octanol–water partition coefficient (Wildman–Crippen LogP) is -2.20. The minimum absolute atomic E-state index is 0.0713. The molecule has 0 aromatic heterocycles. The first-order chi connectivity index (χ1) is 5.20. The fourth-order valence-electron chi connectivity index (χ4n) is 1.08. The van der Waals surface area contributed by atoms with E-state index in [0.29, 0.717) is 0 Å². The van der Waals surface area contributed by atoms with Gasteiger partial charge in [-0.05, 0) is 0 Å². The van der Waals surface area contributed by atoms with Crippen molar-refractivity contribution in [1.29, 1.82) is 0 Å². The Balaban J connectivity index is 2.53. The van der Waals surface area contributed by atoms with E-state index in [1.165, 1.54) is 7.11 Å². The van der Waals surface area contributed by atoms with E-state index in [9.17, 15) is 10.2 Å². The second-order valence-electron chi connectivity index (χ2n) is 2.46. The van der Waals surface area contributed by atoms with E-state index in [-0.39, 0.29) is 6.61 Å². The Kier molecular flexibility index (Phi) is 2.80. The van der Waals surface area contributed by atoms with Gasteiger partial charge in [0.15, 0.2) is 19.0 Å². The zero-order chi connectivity index (χ0) is 8.43. The SMILES string of the molecule is COC1O[C@H](C[OH2+])[C@@H](O)[C@@H]1O. The van der Waals surface area contributed by atoms with Crippen LogP contribution in [-0.4, -0.2) is 53.6 Å². The van der Waals surface area contributed by atoms with Crippen LogP contribution in [0.25, 0.3) is 0 Å². The number of aliphatic hydroxyl groups excluding tert-OH is 2. The average Bonchev–Trinajstić information content (AvgIpc) is 2.30. The summed E-state index contributed by atoms with van der Waals surface area (Å²) in [6.45, 7) is -0.0713. The molecule has 1 saturated heterocycles. The summed E-state index contributed by atoms with van der Waals surface area (Å²) in [6.07, 6.45) is -3.46. The summed E-state index contributed by atoms with van der Waals surface area (Å²) in [5.74, 6) is 0. The molecule has 5 heteroatoms. The van der Waals surface area contributed by atoms with Gasteiger partial charge in [0.2, 0.25) is 0 Å². The third-order valence-corrected chi connectivity index (χ3v) is 1.75. The van der Waals surface area contributed by atoms with Crippen LogP contribution in [0.1, 0.15) is 0 Å². The Bertz CT molecular complexity index is 110. The molecular formula is C6H13O5+. The lowest BCUT2D eigenvalue weighted by Crippen LogP contribution is -2.34. The van der Waals surface area contributed by atoms with Crippen molar-refractivity contribution in [2.75, 3.05) is 13.7 Å². The summed E-state index contributed by atoms with van der Waals surface area (Å²) < 4.78 is 9.68. The molecule has 1 unspecified atom stereocenters. The molecule has 11 heavy (non-hydrogen) atoms. The van der Waals surface area contributed by atoms with Crippen molar-refractivity contribution in [2.45, 2.75) is 24.6 Å². The standard InChI is InChI=1S/C6H12O5/c1-10-6-5(9)4(8)3(2-7)11-6/h3-9H,2H2,1H3/p+1/t3-,4-,5+,6?/m1/s1. The molecule has 1 aliphatic heterocycles. The normalized spacial score (nSPS) is 44.7. The molecule has 1 rings (SSSR count). The molecule has 0 spiro atoms. The summed E-state index contributed by atoms with van der Waals surface area (Å²) in [5, 5.41) is 25.3. The molecule has 0 bridgehead atoms. The lowest BCUT2D eigenvalue weighted by Gasteiger charge is -2.11. The van der Waals surface area contributed by atoms with Gasteiger partial charge in [-0.15, -0.1) is 0 Å². The number of ether oxygens (including phenoxy) is 2. The molecule has 4 N–H and O–H groups in total. The average molecular weight is 165 g/mol. The first-order valence-corrected chi connectivity index (χ1v) is 3.39. The number of hydrogen-bond acceptors (Lipinski definition) is 4. The molecule has 0 radical (unpaired) electrons. The van der Waals surface area contributed by atoms with Crippen LogP contribution in [0.2, 0.25) is 0 Å². The van der Waals surface area contributed by atoms with Crippen LogP contribution in [0.4, 0.5) is 0 Å². The number of methoxy groups -OCH3 is 1. The van der Waals surface area contributed by atoms with Crippen molar-refractivity contribution in [1.82, 2.24) is 0 Å². The van der Waals surface area contributed by atoms with E-state index < -0.39 is 24.6 Å². The van der Waals surface area contributed by atoms with Gasteiger partial charge in [0.1, 0.15) is 12.2 Å². The minimum atomic E-state index is -1.03. The van der Waals surface area contributed by atoms with Gasteiger partial charge in [0.05, 0.1) is 0 Å². The van der Waals surface area contributed by atoms with Crippen molar-refractivity contribution in [3.8, 4) is 0 Å². The van der Waals surface area contributed by atoms with Gasteiger partial charge in [-0.1, -0.05) is 0 Å². The highest BCUT2D eigenvalue weighted by molar-refractivity contribution is 4.85. The Labute approximate surface area is 64.2 Å². The van der Waals surface area contributed by atoms with Crippen LogP contribution < -0.4 is 0 Å². The van der Waals surface area contributed by atoms with Crippen LogP contribution in [0, 0.1) is 0 Å². The summed E-state index contributed by atoms with van der Waals surface area (Å²) in [4.78, 5) is 0. The van der Waals surface area contributed by atoms with Crippen molar-refractivity contribution < 1.29 is 24.8 Å². The number of rotatable bonds is 2. The van der Waals surface area contributed by atoms with Gasteiger partial charge in [-0.3, -0.25) is 0 Å². The second kappa shape index (κ2) is 3.46. The van der Waals surface area contributed by atoms with E-state index in [4.69, 9.17) is 14.6 Å². The topological polar surface area (TPSA) is 81.8 Å². The monoisotopic (exact) mass is 165 g/mol. The van der Waals surface area contributed by atoms with Gasteiger partial charge >= 0.3 is 0 Å². The number of hydrogen-bond donors (Lipinski definition) is 2. The van der Waals surface area contributed by atoms with Crippen LogP contribution in [-0.2, 0) is 9.47 Å². The largest absolute Gasteiger partial charge is 0.443 e. The van der Waals surface area contributed by atoms with Crippen LogP contribution in [0.3, 0.4) is 0 Å². The first kappa shape index (κ1) is 8.89. The third kappa shape index (κ3) is 1.52. The molecule has 5 nitrogen and oxygen atoms in total. The smallest absolute Gasteiger partial charge is 0.186 e. The van der Waals surface area contributed by atoms with Gasteiger partial charge in [-0.2, -0.15) is 0 Å². The molecule has 1 heterocycles. The molecular weight excluding hydrogens is 152 g/mol. The van der Waals surface area contributed by atoms with Crippen molar-refractivity contribution in [3.63, 3.8) is 0 Å². The van der Waals surface area contributed by atoms with Crippen LogP contribution in [0.5, 0.6) is 0 Å². The summed E-state index contributed by atoms with van der Waals surface area (Å²) in [5.41, 5.74) is 0. The van der Waals surface area contributed by atoms with Gasteiger partial charge in [0, 0.05) is 7.11 Å². The minimum Gasteiger partial charge on any atom is -0.443 e. The second-order valence-corrected chi connectivity index (χ2v) is 2.46. The third-order valence-electron chi connectivity index (χ3n) is 1.75. The Morgan fingerprint density at radius 3 is 2.36 bits per heavy atom. The fourth-order valence-corrected chi connectivity index (χ4v) is 1.08. The maximum absolute atomic E-state index is 9.18. The summed E-state index contributed by atoms with van der Waals surface area (Å²) in [6, 6.07) is 0. The van der Waals surface area contributed by atoms with Gasteiger partial charge in [0.25, 0.3) is 0 Å². The van der Waals surface area contributed by atoms with E-state index in [1.54, 1.807) is 0 Å². The summed E-state index contributed by atoms with van der Waals surface area (Å²) in [7, 11) is 1.38. The van der Waals surface area contributed by atoms with Crippen LogP contribution >= 0.6 is 0 Å². The Morgan fingerprint density at radius 1 is 1.45 bits per heavy atom. The highest BCUT2D eigenvalue weighted by Gasteiger charge is 2.43. The van der Waals surface area contributed by atoms with Gasteiger partial charge < -0.3 is 24.8 Å². The molecule has 0 amide bonds. The zero-order valence-corrected chi connectivity index (χ0v) is 6.23. The molecule has 0 saturated carbocycles. The van der Waals surface area contributed by atoms with E-state index in [2.05, 4.69) is 0 Å². The van der Waals surface area contributed by atoms with Crippen molar-refractivity contribution >= 4 is 0 Å². The first-order valence-electron chi connectivity index (χ1n) is 3.39. The highest BCUT2D eigenvalue weighted by atomic mass is 16.7. The molecule has 1 fully saturated rings. The maximum Gasteiger partial charge on any atom is 0.186 e. The van der Waals surface area contributed by atoms with E-state index >= 15 is 0 Å². The predicted molar refractivity (Wildman–Crippen MR) is 36.2 cm³/mol. The number of aliphatic hydroxyl groups is 2. The zero-order valence-electron chi connectivity index (χ0n) is 6.23. The summed E-state index contributed by atoms with van der Waals surface area (Å²) >= 11 is 0. The lowest BCUT2D eigenvalue weighted by molar-refractivity contribution is -0.153. The van der Waals surface area contributed by atoms with Crippen molar-refractivity contribution in [2.24, 2.45) is 0 Å². The van der Waals surface area contributed by atoms with E-state index in [0.717, 1.165) is 0 Å². The van der Waals surface area contributed by atoms with Crippen molar-refractivity contribution in [3.05, 3.63) is 0 Å². The lowest BCUT2D eigenvalue weighted by atomic mass is 10.1. The molecule has 1 aliphatic rings. The molecule has 0 aromatic rings. The quantitative estimate of drug-likeness (QED) is 0.455. The van der Waals surface area contributed by atoms with Gasteiger partial charge in [-0.25, -0.2) is 0 Å². The Hall–Kier alpha value is -0.200. The fraction of sp³-hybridized carbons (Fsp3) is 1.00. The Morgan fingerprint density at radius 2 is 2.09 bits per heavy atom.